The van der Waals surface area contributed by atoms with Crippen LogP contribution >= 0.6 is 24.4 Å². The molecule has 33 heavy (non-hydrogen) atoms. The number of carbonyl (C=O) groups excluding carboxylic acids is 3. The molecule has 1 aromatic carbocycles. The maximum absolute atomic E-state index is 13.1. The Morgan fingerprint density at radius 3 is 2.45 bits per heavy atom. The Bertz CT molecular complexity index is 826. The minimum atomic E-state index is -1.07. The van der Waals surface area contributed by atoms with Gasteiger partial charge >= 0.3 is 5.97 Å². The summed E-state index contributed by atoms with van der Waals surface area (Å²) in [7, 11) is 0. The van der Waals surface area contributed by atoms with Crippen LogP contribution in [0.25, 0.3) is 0 Å². The summed E-state index contributed by atoms with van der Waals surface area (Å²) in [6.07, 6.45) is 3.55. The van der Waals surface area contributed by atoms with Gasteiger partial charge in [0.1, 0.15) is 18.1 Å². The predicted molar refractivity (Wildman–Crippen MR) is 131 cm³/mol. The molecule has 9 nitrogen and oxygen atoms in total. The van der Waals surface area contributed by atoms with Crippen molar-refractivity contribution in [1.82, 2.24) is 15.5 Å². The van der Waals surface area contributed by atoms with E-state index in [1.807, 2.05) is 36.6 Å². The van der Waals surface area contributed by atoms with Crippen molar-refractivity contribution in [2.24, 2.45) is 5.73 Å². The highest BCUT2D eigenvalue weighted by atomic mass is 32.2. The topological polar surface area (TPSA) is 142 Å². The van der Waals surface area contributed by atoms with Crippen LogP contribution in [-0.4, -0.2) is 82.2 Å². The van der Waals surface area contributed by atoms with Crippen molar-refractivity contribution in [3.05, 3.63) is 35.9 Å². The lowest BCUT2D eigenvalue weighted by Crippen LogP contribution is -2.58. The lowest BCUT2D eigenvalue weighted by molar-refractivity contribution is -0.149. The number of carbonyl (C=O) groups is 4. The van der Waals surface area contributed by atoms with Crippen LogP contribution in [0.5, 0.6) is 0 Å². The molecule has 1 aliphatic rings. The summed E-state index contributed by atoms with van der Waals surface area (Å²) in [5.74, 6) is -1.86. The molecule has 2 rings (SSSR count). The quantitative estimate of drug-likeness (QED) is 0.262. The number of hydrogen-bond acceptors (Lipinski definition) is 7. The normalized spacial score (nSPS) is 18.3. The molecule has 182 valence electrons. The van der Waals surface area contributed by atoms with Crippen LogP contribution in [0.15, 0.2) is 30.3 Å². The summed E-state index contributed by atoms with van der Waals surface area (Å²) in [5.41, 5.74) is 6.79. The summed E-state index contributed by atoms with van der Waals surface area (Å²) >= 11 is 5.77. The number of aliphatic carboxylic acids is 1. The van der Waals surface area contributed by atoms with Gasteiger partial charge in [0.25, 0.3) is 0 Å². The molecule has 1 heterocycles. The lowest BCUT2D eigenvalue weighted by atomic mass is 10.0. The van der Waals surface area contributed by atoms with Crippen molar-refractivity contribution in [3.63, 3.8) is 0 Å². The lowest BCUT2D eigenvalue weighted by Gasteiger charge is -2.28. The molecule has 0 aliphatic carbocycles. The monoisotopic (exact) mass is 496 g/mol. The number of rotatable bonds is 12. The van der Waals surface area contributed by atoms with Crippen LogP contribution in [0.1, 0.15) is 24.8 Å². The fourth-order valence-electron chi connectivity index (χ4n) is 3.66. The third-order valence-electron chi connectivity index (χ3n) is 5.50. The molecule has 3 amide bonds. The third kappa shape index (κ3) is 7.94. The van der Waals surface area contributed by atoms with Gasteiger partial charge in [0.05, 0.1) is 6.04 Å². The first-order valence-electron chi connectivity index (χ1n) is 10.8. The van der Waals surface area contributed by atoms with Crippen LogP contribution in [0.2, 0.25) is 0 Å². The summed E-state index contributed by atoms with van der Waals surface area (Å²) in [4.78, 5) is 51.4. The molecule has 11 heteroatoms. The van der Waals surface area contributed by atoms with Gasteiger partial charge in [-0.25, -0.2) is 4.79 Å². The summed E-state index contributed by atoms with van der Waals surface area (Å²) < 4.78 is 0. The minimum absolute atomic E-state index is 0.00729. The van der Waals surface area contributed by atoms with Crippen LogP contribution in [0.3, 0.4) is 0 Å². The van der Waals surface area contributed by atoms with E-state index in [1.165, 1.54) is 4.90 Å². The molecular weight excluding hydrogens is 464 g/mol. The molecule has 4 unspecified atom stereocenters. The van der Waals surface area contributed by atoms with Gasteiger partial charge in [-0.1, -0.05) is 30.3 Å². The van der Waals surface area contributed by atoms with Gasteiger partial charge in [0.15, 0.2) is 0 Å². The number of nitrogens with zero attached hydrogens (tertiary/aromatic N) is 1. The molecular formula is C22H32N4O5S2. The second-order valence-electron chi connectivity index (χ2n) is 7.91. The van der Waals surface area contributed by atoms with Crippen molar-refractivity contribution >= 4 is 48.1 Å². The van der Waals surface area contributed by atoms with E-state index in [9.17, 15) is 24.3 Å². The van der Waals surface area contributed by atoms with Gasteiger partial charge in [-0.3, -0.25) is 14.4 Å². The first-order valence-corrected chi connectivity index (χ1v) is 12.8. The molecule has 0 radical (unpaired) electrons. The molecule has 1 fully saturated rings. The van der Waals surface area contributed by atoms with Crippen molar-refractivity contribution in [3.8, 4) is 0 Å². The summed E-state index contributed by atoms with van der Waals surface area (Å²) in [6, 6.07) is 5.54. The molecule has 0 bridgehead atoms. The maximum atomic E-state index is 13.1. The zero-order valence-electron chi connectivity index (χ0n) is 18.6. The molecule has 1 aromatic rings. The van der Waals surface area contributed by atoms with E-state index in [0.29, 0.717) is 31.6 Å². The first kappa shape index (κ1) is 27.0. The van der Waals surface area contributed by atoms with E-state index in [1.54, 1.807) is 11.8 Å². The maximum Gasteiger partial charge on any atom is 0.326 e. The number of amides is 3. The Morgan fingerprint density at radius 1 is 1.18 bits per heavy atom. The standard InChI is InChI=1S/C22H32N4O5S2/c1-33-11-9-15(23)19(27)24-16(12-14-6-3-2-4-7-14)20(28)25-17(13-32)21(29)26-10-5-8-18(26)22(30)31/h2-4,6-7,15-18,32H,5,8-13,23H2,1H3,(H,24,27)(H,25,28)(H,30,31). The number of nitrogens with two attached hydrogens (primary N) is 1. The van der Waals surface area contributed by atoms with Crippen molar-refractivity contribution < 1.29 is 24.3 Å². The second-order valence-corrected chi connectivity index (χ2v) is 9.26. The van der Waals surface area contributed by atoms with Crippen LogP contribution in [-0.2, 0) is 25.6 Å². The number of carboxylic acids is 1. The Hall–Kier alpha value is -2.24. The summed E-state index contributed by atoms with van der Waals surface area (Å²) in [5, 5.41) is 14.7. The van der Waals surface area contributed by atoms with Crippen molar-refractivity contribution in [2.75, 3.05) is 24.3 Å². The Kier molecular flexibility index (Phi) is 11.0. The fourth-order valence-corrected chi connectivity index (χ4v) is 4.40. The number of thiol groups is 1. The van der Waals surface area contributed by atoms with E-state index in [2.05, 4.69) is 23.3 Å². The fraction of sp³-hybridized carbons (Fsp3) is 0.545. The van der Waals surface area contributed by atoms with E-state index < -0.39 is 47.9 Å². The zero-order valence-corrected chi connectivity index (χ0v) is 20.3. The highest BCUT2D eigenvalue weighted by Gasteiger charge is 2.38. The number of benzene rings is 1. The number of thioether (sulfide) groups is 1. The molecule has 1 saturated heterocycles. The number of carboxylic acid groups (broad SMARTS) is 1. The van der Waals surface area contributed by atoms with E-state index in [0.717, 1.165) is 5.56 Å². The molecule has 0 spiro atoms. The Balaban J connectivity index is 2.13. The van der Waals surface area contributed by atoms with Gasteiger partial charge in [-0.15, -0.1) is 0 Å². The highest BCUT2D eigenvalue weighted by molar-refractivity contribution is 7.98. The van der Waals surface area contributed by atoms with Crippen LogP contribution < -0.4 is 16.4 Å². The Morgan fingerprint density at radius 2 is 1.85 bits per heavy atom. The van der Waals surface area contributed by atoms with Crippen LogP contribution in [0.4, 0.5) is 0 Å². The molecule has 0 saturated carbocycles. The third-order valence-corrected chi connectivity index (χ3v) is 6.51. The summed E-state index contributed by atoms with van der Waals surface area (Å²) in [6.45, 7) is 0.310. The average molecular weight is 497 g/mol. The van der Waals surface area contributed by atoms with Gasteiger partial charge in [-0.2, -0.15) is 24.4 Å². The molecule has 1 aliphatic heterocycles. The molecule has 0 aromatic heterocycles. The van der Waals surface area contributed by atoms with Crippen molar-refractivity contribution in [2.45, 2.75) is 49.9 Å². The number of likely N-dealkylation sites (tertiary alicyclic amines) is 1. The first-order chi connectivity index (χ1) is 15.8. The minimum Gasteiger partial charge on any atom is -0.480 e. The average Bonchev–Trinajstić information content (AvgIpc) is 3.31. The van der Waals surface area contributed by atoms with Gasteiger partial charge in [0, 0.05) is 18.7 Å². The largest absolute Gasteiger partial charge is 0.480 e. The van der Waals surface area contributed by atoms with E-state index in [4.69, 9.17) is 5.73 Å². The number of hydrogen-bond donors (Lipinski definition) is 5. The highest BCUT2D eigenvalue weighted by Crippen LogP contribution is 2.19. The zero-order chi connectivity index (χ0) is 24.4. The Labute approximate surface area is 203 Å². The number of nitrogens with one attached hydrogen (secondary N) is 2. The van der Waals surface area contributed by atoms with Gasteiger partial charge < -0.3 is 26.4 Å². The van der Waals surface area contributed by atoms with Crippen molar-refractivity contribution in [1.29, 1.82) is 0 Å². The van der Waals surface area contributed by atoms with Gasteiger partial charge in [-0.05, 0) is 36.8 Å². The van der Waals surface area contributed by atoms with E-state index in [-0.39, 0.29) is 12.2 Å². The molecule has 5 N–H and O–H groups in total. The molecule has 4 atom stereocenters. The van der Waals surface area contributed by atoms with E-state index >= 15 is 0 Å². The van der Waals surface area contributed by atoms with Crippen LogP contribution in [0, 0.1) is 0 Å². The van der Waals surface area contributed by atoms with Gasteiger partial charge in [0.2, 0.25) is 17.7 Å². The SMILES string of the molecule is CSCCC(N)C(=O)NC(Cc1ccccc1)C(=O)NC(CS)C(=O)N1CCCC1C(=O)O. The second kappa shape index (κ2) is 13.5. The smallest absolute Gasteiger partial charge is 0.326 e. The predicted octanol–water partition coefficient (Wildman–Crippen LogP) is 0.285.